The highest BCUT2D eigenvalue weighted by atomic mass is 16.3. The van der Waals surface area contributed by atoms with E-state index in [-0.39, 0.29) is 0 Å². The standard InChI is InChI=1S/C17H22N2O/c1-11-5-4-8-15-16(11)19-17(20-15)14-10-9-12-6-2-3-7-13(12)18-14/h4-5,8,12-14,18H,2-3,6-7,9-10H2,1H3. The summed E-state index contributed by atoms with van der Waals surface area (Å²) in [6.45, 7) is 2.10. The van der Waals surface area contributed by atoms with Gasteiger partial charge in [0.2, 0.25) is 5.89 Å². The number of aryl methyl sites for hydroxylation is 1. The highest BCUT2D eigenvalue weighted by molar-refractivity contribution is 5.76. The van der Waals surface area contributed by atoms with Crippen LogP contribution in [-0.4, -0.2) is 11.0 Å². The Bertz CT molecular complexity index is 618. The van der Waals surface area contributed by atoms with Crippen molar-refractivity contribution in [2.45, 2.75) is 57.5 Å². The lowest BCUT2D eigenvalue weighted by Crippen LogP contribution is -2.44. The number of nitrogens with zero attached hydrogens (tertiary/aromatic N) is 1. The molecule has 3 heteroatoms. The van der Waals surface area contributed by atoms with Crippen molar-refractivity contribution in [2.24, 2.45) is 5.92 Å². The van der Waals surface area contributed by atoms with Crippen molar-refractivity contribution in [3.8, 4) is 0 Å². The van der Waals surface area contributed by atoms with Crippen molar-refractivity contribution >= 4 is 11.1 Å². The average Bonchev–Trinajstić information content (AvgIpc) is 2.92. The van der Waals surface area contributed by atoms with E-state index in [2.05, 4.69) is 18.3 Å². The van der Waals surface area contributed by atoms with Crippen LogP contribution in [0.1, 0.15) is 56.0 Å². The van der Waals surface area contributed by atoms with E-state index in [1.807, 2.05) is 12.1 Å². The van der Waals surface area contributed by atoms with Gasteiger partial charge in [0, 0.05) is 6.04 Å². The van der Waals surface area contributed by atoms with Crippen LogP contribution >= 0.6 is 0 Å². The summed E-state index contributed by atoms with van der Waals surface area (Å²) in [6, 6.07) is 7.14. The number of oxazole rings is 1. The molecule has 0 amide bonds. The molecule has 2 aromatic rings. The molecular formula is C17H22N2O. The van der Waals surface area contributed by atoms with Crippen molar-refractivity contribution in [3.05, 3.63) is 29.7 Å². The first-order valence-electron chi connectivity index (χ1n) is 7.93. The van der Waals surface area contributed by atoms with Gasteiger partial charge in [-0.15, -0.1) is 0 Å². The van der Waals surface area contributed by atoms with E-state index in [9.17, 15) is 0 Å². The Kier molecular flexibility index (Phi) is 3.03. The fourth-order valence-electron chi connectivity index (χ4n) is 3.94. The minimum absolute atomic E-state index is 0.307. The van der Waals surface area contributed by atoms with Crippen LogP contribution in [0.5, 0.6) is 0 Å². The lowest BCUT2D eigenvalue weighted by molar-refractivity contribution is 0.164. The third-order valence-electron chi connectivity index (χ3n) is 5.09. The molecule has 4 rings (SSSR count). The Morgan fingerprint density at radius 2 is 2.05 bits per heavy atom. The van der Waals surface area contributed by atoms with Crippen LogP contribution in [0.4, 0.5) is 0 Å². The van der Waals surface area contributed by atoms with E-state index in [0.29, 0.717) is 12.1 Å². The molecule has 106 valence electrons. The molecule has 0 radical (unpaired) electrons. The zero-order valence-electron chi connectivity index (χ0n) is 12.1. The van der Waals surface area contributed by atoms with E-state index < -0.39 is 0 Å². The average molecular weight is 270 g/mol. The Labute approximate surface area is 119 Å². The first-order valence-corrected chi connectivity index (χ1v) is 7.93. The molecule has 1 aromatic carbocycles. The number of benzene rings is 1. The van der Waals surface area contributed by atoms with Crippen LogP contribution in [0.25, 0.3) is 11.1 Å². The molecule has 0 bridgehead atoms. The normalized spacial score (nSPS) is 30.4. The second-order valence-corrected chi connectivity index (χ2v) is 6.42. The zero-order chi connectivity index (χ0) is 13.5. The van der Waals surface area contributed by atoms with E-state index in [1.165, 1.54) is 37.7 Å². The van der Waals surface area contributed by atoms with Crippen LogP contribution in [0.3, 0.4) is 0 Å². The fraction of sp³-hybridized carbons (Fsp3) is 0.588. The van der Waals surface area contributed by atoms with Gasteiger partial charge in [0.25, 0.3) is 0 Å². The molecule has 1 N–H and O–H groups in total. The second-order valence-electron chi connectivity index (χ2n) is 6.42. The first-order chi connectivity index (χ1) is 9.81. The van der Waals surface area contributed by atoms with Crippen molar-refractivity contribution in [2.75, 3.05) is 0 Å². The molecule has 2 fully saturated rings. The molecule has 20 heavy (non-hydrogen) atoms. The molecule has 3 atom stereocenters. The van der Waals surface area contributed by atoms with Crippen LogP contribution < -0.4 is 5.32 Å². The number of piperidine rings is 1. The zero-order valence-corrected chi connectivity index (χ0v) is 12.1. The number of hydrogen-bond acceptors (Lipinski definition) is 3. The molecule has 0 spiro atoms. The first kappa shape index (κ1) is 12.4. The molecule has 2 heterocycles. The van der Waals surface area contributed by atoms with Crippen LogP contribution in [-0.2, 0) is 0 Å². The maximum Gasteiger partial charge on any atom is 0.212 e. The summed E-state index contributed by atoms with van der Waals surface area (Å²) in [7, 11) is 0. The van der Waals surface area contributed by atoms with E-state index >= 15 is 0 Å². The number of nitrogens with one attached hydrogen (secondary N) is 1. The van der Waals surface area contributed by atoms with Gasteiger partial charge in [0.05, 0.1) is 6.04 Å². The second kappa shape index (κ2) is 4.88. The Hall–Kier alpha value is -1.35. The van der Waals surface area contributed by atoms with E-state index in [1.54, 1.807) is 0 Å². The van der Waals surface area contributed by atoms with Crippen molar-refractivity contribution in [1.82, 2.24) is 10.3 Å². The molecule has 2 aliphatic rings. The maximum absolute atomic E-state index is 5.99. The smallest absolute Gasteiger partial charge is 0.212 e. The van der Waals surface area contributed by atoms with Crippen molar-refractivity contribution < 1.29 is 4.42 Å². The molecule has 1 aliphatic heterocycles. The minimum atomic E-state index is 0.307. The summed E-state index contributed by atoms with van der Waals surface area (Å²) >= 11 is 0. The third-order valence-corrected chi connectivity index (χ3v) is 5.09. The molecule has 1 saturated carbocycles. The summed E-state index contributed by atoms with van der Waals surface area (Å²) < 4.78 is 5.99. The number of para-hydroxylation sites is 1. The van der Waals surface area contributed by atoms with Gasteiger partial charge in [-0.25, -0.2) is 4.98 Å². The summed E-state index contributed by atoms with van der Waals surface area (Å²) in [5.74, 6) is 1.77. The van der Waals surface area contributed by atoms with Crippen molar-refractivity contribution in [1.29, 1.82) is 0 Å². The summed E-state index contributed by atoms with van der Waals surface area (Å²) in [5.41, 5.74) is 3.14. The Morgan fingerprint density at radius 1 is 1.15 bits per heavy atom. The predicted octanol–water partition coefficient (Wildman–Crippen LogP) is 4.12. The lowest BCUT2D eigenvalue weighted by atomic mass is 9.78. The summed E-state index contributed by atoms with van der Waals surface area (Å²) in [5, 5.41) is 3.80. The van der Waals surface area contributed by atoms with Crippen molar-refractivity contribution in [3.63, 3.8) is 0 Å². The number of fused-ring (bicyclic) bond motifs is 2. The SMILES string of the molecule is Cc1cccc2oc(C3CCC4CCCCC4N3)nc12. The van der Waals surface area contributed by atoms with Gasteiger partial charge in [-0.3, -0.25) is 0 Å². The highest BCUT2D eigenvalue weighted by Crippen LogP contribution is 2.37. The molecule has 1 aliphatic carbocycles. The minimum Gasteiger partial charge on any atom is -0.439 e. The van der Waals surface area contributed by atoms with Gasteiger partial charge in [-0.1, -0.05) is 25.0 Å². The quantitative estimate of drug-likeness (QED) is 0.847. The number of hydrogen-bond donors (Lipinski definition) is 1. The topological polar surface area (TPSA) is 38.1 Å². The molecule has 1 saturated heterocycles. The Balaban J connectivity index is 1.61. The fourth-order valence-corrected chi connectivity index (χ4v) is 3.94. The predicted molar refractivity (Wildman–Crippen MR) is 79.6 cm³/mol. The molecule has 3 nitrogen and oxygen atoms in total. The molecular weight excluding hydrogens is 248 g/mol. The monoisotopic (exact) mass is 270 g/mol. The van der Waals surface area contributed by atoms with E-state index in [4.69, 9.17) is 9.40 Å². The Morgan fingerprint density at radius 3 is 2.95 bits per heavy atom. The van der Waals surface area contributed by atoms with Gasteiger partial charge in [-0.2, -0.15) is 0 Å². The molecule has 3 unspecified atom stereocenters. The summed E-state index contributed by atoms with van der Waals surface area (Å²) in [6.07, 6.45) is 7.98. The van der Waals surface area contributed by atoms with Gasteiger partial charge in [-0.05, 0) is 50.2 Å². The van der Waals surface area contributed by atoms with Gasteiger partial charge in [0.15, 0.2) is 5.58 Å². The number of rotatable bonds is 1. The lowest BCUT2D eigenvalue weighted by Gasteiger charge is -2.39. The maximum atomic E-state index is 5.99. The summed E-state index contributed by atoms with van der Waals surface area (Å²) in [4.78, 5) is 4.74. The van der Waals surface area contributed by atoms with Crippen LogP contribution in [0.2, 0.25) is 0 Å². The molecule has 1 aromatic heterocycles. The van der Waals surface area contributed by atoms with Crippen LogP contribution in [0.15, 0.2) is 22.6 Å². The number of aromatic nitrogens is 1. The van der Waals surface area contributed by atoms with Gasteiger partial charge in [0.1, 0.15) is 5.52 Å². The van der Waals surface area contributed by atoms with Gasteiger partial charge < -0.3 is 9.73 Å². The van der Waals surface area contributed by atoms with Gasteiger partial charge >= 0.3 is 0 Å². The third kappa shape index (κ3) is 2.05. The highest BCUT2D eigenvalue weighted by Gasteiger charge is 2.34. The largest absolute Gasteiger partial charge is 0.439 e. The van der Waals surface area contributed by atoms with Crippen LogP contribution in [0, 0.1) is 12.8 Å². The van der Waals surface area contributed by atoms with E-state index in [0.717, 1.165) is 29.3 Å².